The van der Waals surface area contributed by atoms with E-state index in [2.05, 4.69) is 0 Å². The number of hydrogen-bond donors (Lipinski definition) is 1. The number of rotatable bonds is 3. The number of sulfone groups is 1. The van der Waals surface area contributed by atoms with Crippen LogP contribution in [0.4, 0.5) is 4.39 Å². The van der Waals surface area contributed by atoms with Crippen LogP contribution < -0.4 is 0 Å². The summed E-state index contributed by atoms with van der Waals surface area (Å²) in [6.45, 7) is 0. The van der Waals surface area contributed by atoms with E-state index in [1.807, 2.05) is 0 Å². The summed E-state index contributed by atoms with van der Waals surface area (Å²) < 4.78 is 34.7. The number of aromatic carboxylic acids is 1. The van der Waals surface area contributed by atoms with Gasteiger partial charge in [0.2, 0.25) is 0 Å². The SMILES string of the molecule is CS(=O)(=O)Cc1ccc(F)cc1C(=O)O. The lowest BCUT2D eigenvalue weighted by Gasteiger charge is -2.04. The van der Waals surface area contributed by atoms with Crippen molar-refractivity contribution < 1.29 is 22.7 Å². The van der Waals surface area contributed by atoms with Gasteiger partial charge in [-0.05, 0) is 17.7 Å². The van der Waals surface area contributed by atoms with Crippen molar-refractivity contribution >= 4 is 15.8 Å². The second kappa shape index (κ2) is 3.98. The second-order valence-corrected chi connectivity index (χ2v) is 5.32. The van der Waals surface area contributed by atoms with Crippen molar-refractivity contribution in [3.63, 3.8) is 0 Å². The molecule has 0 aliphatic heterocycles. The maximum absolute atomic E-state index is 12.7. The van der Waals surface area contributed by atoms with Crippen molar-refractivity contribution in [2.75, 3.05) is 6.26 Å². The number of carboxylic acids is 1. The monoisotopic (exact) mass is 232 g/mol. The molecule has 0 aromatic heterocycles. The zero-order valence-electron chi connectivity index (χ0n) is 7.90. The predicted molar refractivity (Wildman–Crippen MR) is 51.9 cm³/mol. The molecule has 4 nitrogen and oxygen atoms in total. The summed E-state index contributed by atoms with van der Waals surface area (Å²) in [4.78, 5) is 10.7. The number of benzene rings is 1. The van der Waals surface area contributed by atoms with Gasteiger partial charge >= 0.3 is 5.97 Å². The molecule has 0 atom stereocenters. The Morgan fingerprint density at radius 3 is 2.53 bits per heavy atom. The van der Waals surface area contributed by atoms with Crippen molar-refractivity contribution in [2.24, 2.45) is 0 Å². The molecule has 0 amide bonds. The Morgan fingerprint density at radius 1 is 1.47 bits per heavy atom. The summed E-state index contributed by atoms with van der Waals surface area (Å²) in [5.74, 6) is -2.45. The lowest BCUT2D eigenvalue weighted by molar-refractivity contribution is 0.0695. The van der Waals surface area contributed by atoms with Gasteiger partial charge in [0.25, 0.3) is 0 Å². The normalized spacial score (nSPS) is 11.3. The van der Waals surface area contributed by atoms with Gasteiger partial charge in [-0.15, -0.1) is 0 Å². The Labute approximate surface area is 86.3 Å². The molecule has 82 valence electrons. The van der Waals surface area contributed by atoms with E-state index in [1.165, 1.54) is 6.07 Å². The number of carboxylic acid groups (broad SMARTS) is 1. The third kappa shape index (κ3) is 3.32. The van der Waals surface area contributed by atoms with Gasteiger partial charge in [0, 0.05) is 6.26 Å². The highest BCUT2D eigenvalue weighted by Gasteiger charge is 2.14. The van der Waals surface area contributed by atoms with Gasteiger partial charge in [-0.25, -0.2) is 17.6 Å². The molecule has 0 fully saturated rings. The van der Waals surface area contributed by atoms with Crippen LogP contribution in [0.2, 0.25) is 0 Å². The molecule has 1 aromatic rings. The summed E-state index contributed by atoms with van der Waals surface area (Å²) in [6, 6.07) is 3.01. The third-order valence-electron chi connectivity index (χ3n) is 1.72. The largest absolute Gasteiger partial charge is 0.478 e. The lowest BCUT2D eigenvalue weighted by atomic mass is 10.1. The molecule has 1 rings (SSSR count). The Bertz CT molecular complexity index is 493. The molecule has 0 aliphatic rings. The molecule has 0 saturated heterocycles. The van der Waals surface area contributed by atoms with Crippen molar-refractivity contribution in [1.29, 1.82) is 0 Å². The average molecular weight is 232 g/mol. The number of halogens is 1. The van der Waals surface area contributed by atoms with Crippen LogP contribution in [0.3, 0.4) is 0 Å². The van der Waals surface area contributed by atoms with E-state index < -0.39 is 27.4 Å². The second-order valence-electron chi connectivity index (χ2n) is 3.18. The standard InChI is InChI=1S/C9H9FO4S/c1-15(13,14)5-6-2-3-7(10)4-8(6)9(11)12/h2-4H,5H2,1H3,(H,11,12). The Balaban J connectivity index is 3.24. The minimum atomic E-state index is -3.33. The highest BCUT2D eigenvalue weighted by atomic mass is 32.2. The quantitative estimate of drug-likeness (QED) is 0.846. The fourth-order valence-corrected chi connectivity index (χ4v) is 1.97. The summed E-state index contributed by atoms with van der Waals surface area (Å²) in [5.41, 5.74) is -0.230. The number of carbonyl (C=O) groups is 1. The molecule has 0 heterocycles. The highest BCUT2D eigenvalue weighted by Crippen LogP contribution is 2.14. The highest BCUT2D eigenvalue weighted by molar-refractivity contribution is 7.89. The molecule has 0 aliphatic carbocycles. The molecule has 6 heteroatoms. The van der Waals surface area contributed by atoms with Gasteiger partial charge in [0.05, 0.1) is 11.3 Å². The lowest BCUT2D eigenvalue weighted by Crippen LogP contribution is -2.08. The molecule has 15 heavy (non-hydrogen) atoms. The summed E-state index contributed by atoms with van der Waals surface area (Å²) in [7, 11) is -3.33. The Kier molecular flexibility index (Phi) is 3.09. The molecule has 0 unspecified atom stereocenters. The van der Waals surface area contributed by atoms with Crippen LogP contribution in [0, 0.1) is 5.82 Å². The Hall–Kier alpha value is -1.43. The zero-order chi connectivity index (χ0) is 11.6. The molecule has 0 bridgehead atoms. The Morgan fingerprint density at radius 2 is 2.07 bits per heavy atom. The minimum absolute atomic E-state index is 0.0893. The maximum atomic E-state index is 12.7. The predicted octanol–water partition coefficient (Wildman–Crippen LogP) is 1.07. The van der Waals surface area contributed by atoms with Gasteiger partial charge in [0.1, 0.15) is 5.82 Å². The van der Waals surface area contributed by atoms with E-state index >= 15 is 0 Å². The van der Waals surface area contributed by atoms with E-state index in [0.717, 1.165) is 18.4 Å². The third-order valence-corrected chi connectivity index (χ3v) is 2.56. The zero-order valence-corrected chi connectivity index (χ0v) is 8.71. The van der Waals surface area contributed by atoms with Gasteiger partial charge < -0.3 is 5.11 Å². The van der Waals surface area contributed by atoms with Crippen LogP contribution in [-0.4, -0.2) is 25.7 Å². The maximum Gasteiger partial charge on any atom is 0.336 e. The fraction of sp³-hybridized carbons (Fsp3) is 0.222. The van der Waals surface area contributed by atoms with E-state index in [9.17, 15) is 17.6 Å². The van der Waals surface area contributed by atoms with Crippen molar-refractivity contribution in [1.82, 2.24) is 0 Å². The molecular formula is C9H9FO4S. The van der Waals surface area contributed by atoms with E-state index in [1.54, 1.807) is 0 Å². The first kappa shape index (κ1) is 11.6. The van der Waals surface area contributed by atoms with Crippen LogP contribution in [0.5, 0.6) is 0 Å². The fourth-order valence-electron chi connectivity index (χ4n) is 1.16. The van der Waals surface area contributed by atoms with Crippen LogP contribution in [0.25, 0.3) is 0 Å². The van der Waals surface area contributed by atoms with Crippen LogP contribution in [0.1, 0.15) is 15.9 Å². The summed E-state index contributed by atoms with van der Waals surface area (Å²) in [6.07, 6.45) is 0.988. The number of hydrogen-bond acceptors (Lipinski definition) is 3. The molecular weight excluding hydrogens is 223 g/mol. The van der Waals surface area contributed by atoms with Crippen LogP contribution in [0.15, 0.2) is 18.2 Å². The van der Waals surface area contributed by atoms with E-state index in [4.69, 9.17) is 5.11 Å². The van der Waals surface area contributed by atoms with Gasteiger partial charge in [0.15, 0.2) is 9.84 Å². The molecule has 0 saturated carbocycles. The first-order chi connectivity index (χ1) is 6.79. The van der Waals surface area contributed by atoms with Gasteiger partial charge in [-0.1, -0.05) is 6.07 Å². The van der Waals surface area contributed by atoms with Crippen LogP contribution in [-0.2, 0) is 15.6 Å². The first-order valence-corrected chi connectivity index (χ1v) is 6.05. The van der Waals surface area contributed by atoms with Gasteiger partial charge in [-0.2, -0.15) is 0 Å². The van der Waals surface area contributed by atoms with Gasteiger partial charge in [-0.3, -0.25) is 0 Å². The smallest absolute Gasteiger partial charge is 0.336 e. The van der Waals surface area contributed by atoms with Crippen molar-refractivity contribution in [3.05, 3.63) is 35.1 Å². The van der Waals surface area contributed by atoms with Crippen LogP contribution >= 0.6 is 0 Å². The van der Waals surface area contributed by atoms with E-state index in [-0.39, 0.29) is 11.1 Å². The molecule has 1 aromatic carbocycles. The van der Waals surface area contributed by atoms with Crippen molar-refractivity contribution in [2.45, 2.75) is 5.75 Å². The average Bonchev–Trinajstić information content (AvgIpc) is 2.05. The topological polar surface area (TPSA) is 71.4 Å². The molecule has 0 spiro atoms. The first-order valence-electron chi connectivity index (χ1n) is 3.99. The molecule has 1 N–H and O–H groups in total. The summed E-state index contributed by atoms with van der Waals surface area (Å²) >= 11 is 0. The summed E-state index contributed by atoms with van der Waals surface area (Å²) in [5, 5.41) is 8.73. The minimum Gasteiger partial charge on any atom is -0.478 e. The van der Waals surface area contributed by atoms with Crippen molar-refractivity contribution in [3.8, 4) is 0 Å². The molecule has 0 radical (unpaired) electrons. The van der Waals surface area contributed by atoms with E-state index in [0.29, 0.717) is 0 Å².